The van der Waals surface area contributed by atoms with Crippen LogP contribution in [0.3, 0.4) is 0 Å². The van der Waals surface area contributed by atoms with Gasteiger partial charge in [0.25, 0.3) is 0 Å². The van der Waals surface area contributed by atoms with Gasteiger partial charge in [0.05, 0.1) is 0 Å². The van der Waals surface area contributed by atoms with Gasteiger partial charge in [-0.1, -0.05) is 19.3 Å². The van der Waals surface area contributed by atoms with Crippen LogP contribution in [-0.2, 0) is 25.2 Å². The number of benzene rings is 2. The van der Waals surface area contributed by atoms with E-state index in [1.165, 1.54) is 29.2 Å². The fraction of sp³-hybridized carbons (Fsp3) is 0.400. The molecule has 192 valence electrons. The number of amides is 3. The molecule has 0 spiro atoms. The van der Waals surface area contributed by atoms with E-state index in [9.17, 15) is 23.0 Å². The molecule has 2 aromatic carbocycles. The van der Waals surface area contributed by atoms with Gasteiger partial charge in [-0.25, -0.2) is 4.39 Å². The van der Waals surface area contributed by atoms with Crippen molar-refractivity contribution in [2.24, 2.45) is 0 Å². The third kappa shape index (κ3) is 7.03. The molecule has 0 unspecified atom stereocenters. The number of halogens is 1. The summed E-state index contributed by atoms with van der Waals surface area (Å²) in [6.45, 7) is -0.191. The first-order valence-electron chi connectivity index (χ1n) is 11.8. The zero-order valence-corrected chi connectivity index (χ0v) is 20.5. The molecule has 0 saturated heterocycles. The molecule has 1 fully saturated rings. The predicted molar refractivity (Wildman–Crippen MR) is 133 cm³/mol. The van der Waals surface area contributed by atoms with Crippen molar-refractivity contribution in [1.82, 2.24) is 5.32 Å². The van der Waals surface area contributed by atoms with Crippen molar-refractivity contribution in [3.8, 4) is 11.5 Å². The average Bonchev–Trinajstić information content (AvgIpc) is 3.31. The first-order chi connectivity index (χ1) is 17.4. The summed E-state index contributed by atoms with van der Waals surface area (Å²) in [5, 5.41) is 5.57. The standard InChI is InChI=1S/C25H28FN3O6S/c26-17-6-9-20(10-7-17)29(13-23(30)27-18-4-2-1-3-5-18)25(32)15-36(33)14-24(31)28-19-8-11-21-22(12-19)35-16-34-21/h6-12,18H,1-5,13-16H2,(H,27,30)(H,28,31)/t36-/m1/s1. The van der Waals surface area contributed by atoms with E-state index in [0.29, 0.717) is 22.9 Å². The summed E-state index contributed by atoms with van der Waals surface area (Å²) in [7, 11) is -1.84. The smallest absolute Gasteiger partial charge is 0.240 e. The van der Waals surface area contributed by atoms with Gasteiger partial charge in [0, 0.05) is 34.3 Å². The summed E-state index contributed by atoms with van der Waals surface area (Å²) < 4.78 is 36.6. The van der Waals surface area contributed by atoms with Gasteiger partial charge < -0.3 is 25.0 Å². The van der Waals surface area contributed by atoms with Crippen LogP contribution in [0.2, 0.25) is 0 Å². The van der Waals surface area contributed by atoms with Crippen molar-refractivity contribution in [2.45, 2.75) is 38.1 Å². The molecule has 4 rings (SSSR count). The molecular weight excluding hydrogens is 489 g/mol. The second-order valence-corrected chi connectivity index (χ2v) is 10.2. The lowest BCUT2D eigenvalue weighted by molar-refractivity contribution is -0.123. The topological polar surface area (TPSA) is 114 Å². The van der Waals surface area contributed by atoms with Crippen molar-refractivity contribution in [3.05, 3.63) is 48.3 Å². The van der Waals surface area contributed by atoms with Crippen LogP contribution >= 0.6 is 0 Å². The van der Waals surface area contributed by atoms with Crippen molar-refractivity contribution < 1.29 is 32.5 Å². The van der Waals surface area contributed by atoms with Crippen LogP contribution < -0.4 is 25.0 Å². The molecule has 1 atom stereocenters. The van der Waals surface area contributed by atoms with Crippen molar-refractivity contribution >= 4 is 39.9 Å². The normalized spacial score (nSPS) is 15.7. The third-order valence-electron chi connectivity index (χ3n) is 5.94. The zero-order chi connectivity index (χ0) is 25.5. The molecule has 1 heterocycles. The van der Waals surface area contributed by atoms with E-state index < -0.39 is 39.9 Å². The van der Waals surface area contributed by atoms with Gasteiger partial charge in [-0.05, 0) is 49.2 Å². The van der Waals surface area contributed by atoms with E-state index in [-0.39, 0.29) is 25.3 Å². The van der Waals surface area contributed by atoms with E-state index in [2.05, 4.69) is 10.6 Å². The number of anilines is 2. The highest BCUT2D eigenvalue weighted by Gasteiger charge is 2.24. The summed E-state index contributed by atoms with van der Waals surface area (Å²) in [6, 6.07) is 10.1. The SMILES string of the molecule is O=C(C[S@@](=O)CC(=O)N(CC(=O)NC1CCCCC1)c1ccc(F)cc1)Nc1ccc2c(c1)OCO2. The molecule has 0 aromatic heterocycles. The van der Waals surface area contributed by atoms with Gasteiger partial charge in [-0.3, -0.25) is 18.6 Å². The quantitative estimate of drug-likeness (QED) is 0.529. The largest absolute Gasteiger partial charge is 0.454 e. The number of carbonyl (C=O) groups is 3. The maximum atomic E-state index is 13.4. The summed E-state index contributed by atoms with van der Waals surface area (Å²) in [4.78, 5) is 39.3. The first-order valence-corrected chi connectivity index (χ1v) is 13.3. The lowest BCUT2D eigenvalue weighted by atomic mass is 9.95. The Kier molecular flexibility index (Phi) is 8.52. The third-order valence-corrected chi connectivity index (χ3v) is 7.10. The van der Waals surface area contributed by atoms with Crippen LogP contribution in [0, 0.1) is 5.82 Å². The van der Waals surface area contributed by atoms with E-state index in [0.717, 1.165) is 32.1 Å². The number of carbonyl (C=O) groups excluding carboxylic acids is 3. The number of nitrogens with one attached hydrogen (secondary N) is 2. The molecule has 3 amide bonds. The second kappa shape index (κ2) is 12.0. The molecule has 36 heavy (non-hydrogen) atoms. The number of hydrogen-bond donors (Lipinski definition) is 2. The van der Waals surface area contributed by atoms with Gasteiger partial charge in [0.15, 0.2) is 11.5 Å². The lowest BCUT2D eigenvalue weighted by Gasteiger charge is -2.26. The minimum absolute atomic E-state index is 0.0606. The lowest BCUT2D eigenvalue weighted by Crippen LogP contribution is -2.46. The number of rotatable bonds is 9. The monoisotopic (exact) mass is 517 g/mol. The maximum Gasteiger partial charge on any atom is 0.240 e. The minimum atomic E-state index is -1.84. The Morgan fingerprint density at radius 1 is 0.944 bits per heavy atom. The van der Waals surface area contributed by atoms with Crippen molar-refractivity contribution in [1.29, 1.82) is 0 Å². The van der Waals surface area contributed by atoms with Crippen LogP contribution in [0.4, 0.5) is 15.8 Å². The highest BCUT2D eigenvalue weighted by Crippen LogP contribution is 2.34. The van der Waals surface area contributed by atoms with Crippen LogP contribution in [-0.4, -0.2) is 52.8 Å². The molecule has 2 aromatic rings. The highest BCUT2D eigenvalue weighted by molar-refractivity contribution is 7.86. The van der Waals surface area contributed by atoms with Gasteiger partial charge in [-0.2, -0.15) is 0 Å². The second-order valence-electron chi connectivity index (χ2n) is 8.70. The maximum absolute atomic E-state index is 13.4. The summed E-state index contributed by atoms with van der Waals surface area (Å²) >= 11 is 0. The molecule has 0 bridgehead atoms. The van der Waals surface area contributed by atoms with Gasteiger partial charge in [-0.15, -0.1) is 0 Å². The fourth-order valence-electron chi connectivity index (χ4n) is 4.19. The minimum Gasteiger partial charge on any atom is -0.454 e. The van der Waals surface area contributed by atoms with Crippen molar-refractivity contribution in [2.75, 3.05) is 35.1 Å². The van der Waals surface area contributed by atoms with Crippen molar-refractivity contribution in [3.63, 3.8) is 0 Å². The number of fused-ring (bicyclic) bond motifs is 1. The van der Waals surface area contributed by atoms with Crippen LogP contribution in [0.1, 0.15) is 32.1 Å². The molecule has 1 aliphatic heterocycles. The number of hydrogen-bond acceptors (Lipinski definition) is 6. The first kappa shape index (κ1) is 25.6. The zero-order valence-electron chi connectivity index (χ0n) is 19.7. The van der Waals surface area contributed by atoms with E-state index in [1.807, 2.05) is 0 Å². The molecule has 1 saturated carbocycles. The molecule has 2 N–H and O–H groups in total. The van der Waals surface area contributed by atoms with Crippen LogP contribution in [0.25, 0.3) is 0 Å². The molecule has 0 radical (unpaired) electrons. The summed E-state index contributed by atoms with van der Waals surface area (Å²) in [5.41, 5.74) is 0.752. The van der Waals surface area contributed by atoms with E-state index in [1.54, 1.807) is 18.2 Å². The Morgan fingerprint density at radius 3 is 2.42 bits per heavy atom. The predicted octanol–water partition coefficient (Wildman–Crippen LogP) is 2.72. The van der Waals surface area contributed by atoms with E-state index in [4.69, 9.17) is 9.47 Å². The summed E-state index contributed by atoms with van der Waals surface area (Å²) in [6.07, 6.45) is 5.00. The Bertz CT molecular complexity index is 1140. The number of nitrogens with zero attached hydrogens (tertiary/aromatic N) is 1. The average molecular weight is 518 g/mol. The van der Waals surface area contributed by atoms with Gasteiger partial charge in [0.1, 0.15) is 23.9 Å². The van der Waals surface area contributed by atoms with Gasteiger partial charge in [0.2, 0.25) is 24.5 Å². The fourth-order valence-corrected chi connectivity index (χ4v) is 5.09. The Balaban J connectivity index is 1.35. The molecular formula is C25H28FN3O6S. The molecule has 9 nitrogen and oxygen atoms in total. The summed E-state index contributed by atoms with van der Waals surface area (Å²) in [5.74, 6) is -1.79. The van der Waals surface area contributed by atoms with Crippen LogP contribution in [0.15, 0.2) is 42.5 Å². The molecule has 11 heteroatoms. The van der Waals surface area contributed by atoms with Crippen LogP contribution in [0.5, 0.6) is 11.5 Å². The Hall–Kier alpha value is -3.47. The van der Waals surface area contributed by atoms with E-state index >= 15 is 0 Å². The molecule has 2 aliphatic rings. The number of ether oxygens (including phenoxy) is 2. The molecule has 1 aliphatic carbocycles. The Morgan fingerprint density at radius 2 is 1.67 bits per heavy atom. The van der Waals surface area contributed by atoms with Gasteiger partial charge >= 0.3 is 0 Å². The highest BCUT2D eigenvalue weighted by atomic mass is 32.2. The Labute approximate surface area is 210 Å².